The van der Waals surface area contributed by atoms with E-state index < -0.39 is 6.10 Å². The van der Waals surface area contributed by atoms with E-state index in [0.717, 1.165) is 0 Å². The van der Waals surface area contributed by atoms with E-state index in [9.17, 15) is 9.59 Å². The lowest BCUT2D eigenvalue weighted by molar-refractivity contribution is -0.137. The molecule has 3 rings (SSSR count). The molecule has 6 nitrogen and oxygen atoms in total. The third-order valence-corrected chi connectivity index (χ3v) is 4.22. The molecule has 0 bridgehead atoms. The van der Waals surface area contributed by atoms with Gasteiger partial charge in [0.25, 0.3) is 5.91 Å². The molecule has 0 fully saturated rings. The molecule has 1 unspecified atom stereocenters. The van der Waals surface area contributed by atoms with Crippen LogP contribution in [0.2, 0.25) is 0 Å². The Morgan fingerprint density at radius 2 is 1.88 bits per heavy atom. The summed E-state index contributed by atoms with van der Waals surface area (Å²) in [7, 11) is 0. The Morgan fingerprint density at radius 1 is 1.15 bits per heavy atom. The molecule has 0 aliphatic heterocycles. The molecule has 26 heavy (non-hydrogen) atoms. The van der Waals surface area contributed by atoms with Crippen LogP contribution in [-0.4, -0.2) is 30.0 Å². The number of para-hydroxylation sites is 1. The fourth-order valence-electron chi connectivity index (χ4n) is 2.82. The number of amides is 1. The largest absolute Gasteiger partial charge is 0.473 e. The summed E-state index contributed by atoms with van der Waals surface area (Å²) in [6, 6.07) is 10.3. The Balaban J connectivity index is 2.09. The predicted octanol–water partition coefficient (Wildman–Crippen LogP) is 3.69. The van der Waals surface area contributed by atoms with E-state index in [4.69, 9.17) is 13.6 Å². The molecule has 2 heterocycles. The molecular formula is C20H21NO5. The van der Waals surface area contributed by atoms with Crippen LogP contribution in [0.3, 0.4) is 0 Å². The minimum Gasteiger partial charge on any atom is -0.473 e. The van der Waals surface area contributed by atoms with Gasteiger partial charge in [0.2, 0.25) is 16.9 Å². The molecule has 2 aromatic heterocycles. The van der Waals surface area contributed by atoms with E-state index in [-0.39, 0.29) is 22.8 Å². The van der Waals surface area contributed by atoms with Crippen LogP contribution >= 0.6 is 0 Å². The third kappa shape index (κ3) is 3.22. The number of rotatable bonds is 6. The van der Waals surface area contributed by atoms with Gasteiger partial charge in [0.15, 0.2) is 11.9 Å². The average Bonchev–Trinajstić information content (AvgIpc) is 3.19. The minimum atomic E-state index is -0.826. The topological polar surface area (TPSA) is 72.9 Å². The highest BCUT2D eigenvalue weighted by atomic mass is 16.5. The number of hydrogen-bond donors (Lipinski definition) is 0. The quantitative estimate of drug-likeness (QED) is 0.674. The minimum absolute atomic E-state index is 0.0216. The molecule has 1 amide bonds. The number of hydrogen-bond acceptors (Lipinski definition) is 5. The Bertz CT molecular complexity index is 954. The van der Waals surface area contributed by atoms with Crippen molar-refractivity contribution in [3.63, 3.8) is 0 Å². The van der Waals surface area contributed by atoms with E-state index in [1.807, 2.05) is 13.8 Å². The smallest absolute Gasteiger partial charge is 0.263 e. The first-order valence-corrected chi connectivity index (χ1v) is 8.62. The number of fused-ring (bicyclic) bond motifs is 1. The summed E-state index contributed by atoms with van der Waals surface area (Å²) >= 11 is 0. The predicted molar refractivity (Wildman–Crippen MR) is 98.2 cm³/mol. The van der Waals surface area contributed by atoms with Gasteiger partial charge < -0.3 is 18.5 Å². The molecule has 3 aromatic rings. The SMILES string of the molecule is CCN(CC)C(=O)C(C)Oc1c(-c2ccco2)oc2ccccc2c1=O. The standard InChI is InChI=1S/C20H21NO5/c1-4-21(5-2)20(23)13(3)25-19-17(22)14-9-6-7-10-15(14)26-18(19)16-11-8-12-24-16/h6-13H,4-5H2,1-3H3. The van der Waals surface area contributed by atoms with Gasteiger partial charge in [-0.2, -0.15) is 0 Å². The summed E-state index contributed by atoms with van der Waals surface area (Å²) in [4.78, 5) is 27.1. The van der Waals surface area contributed by atoms with Crippen molar-refractivity contribution in [1.29, 1.82) is 0 Å². The number of carbonyl (C=O) groups excluding carboxylic acids is 1. The van der Waals surface area contributed by atoms with Crippen molar-refractivity contribution >= 4 is 16.9 Å². The van der Waals surface area contributed by atoms with Crippen molar-refractivity contribution in [3.8, 4) is 17.3 Å². The summed E-state index contributed by atoms with van der Waals surface area (Å²) in [6.07, 6.45) is 0.659. The van der Waals surface area contributed by atoms with Gasteiger partial charge in [-0.3, -0.25) is 9.59 Å². The Hall–Kier alpha value is -3.02. The van der Waals surface area contributed by atoms with Crippen LogP contribution in [0.4, 0.5) is 0 Å². The van der Waals surface area contributed by atoms with Crippen LogP contribution in [0.15, 0.2) is 56.3 Å². The monoisotopic (exact) mass is 355 g/mol. The van der Waals surface area contributed by atoms with Gasteiger partial charge in [-0.15, -0.1) is 0 Å². The molecule has 1 aromatic carbocycles. The lowest BCUT2D eigenvalue weighted by atomic mass is 10.2. The molecule has 136 valence electrons. The number of furan rings is 1. The summed E-state index contributed by atoms with van der Waals surface area (Å²) in [5.74, 6) is 0.336. The van der Waals surface area contributed by atoms with Gasteiger partial charge in [0, 0.05) is 13.1 Å². The maximum Gasteiger partial charge on any atom is 0.263 e. The van der Waals surface area contributed by atoms with Gasteiger partial charge in [0.1, 0.15) is 5.58 Å². The van der Waals surface area contributed by atoms with E-state index in [2.05, 4.69) is 0 Å². The van der Waals surface area contributed by atoms with Crippen LogP contribution in [-0.2, 0) is 4.79 Å². The molecule has 0 aliphatic carbocycles. The molecular weight excluding hydrogens is 334 g/mol. The van der Waals surface area contributed by atoms with Crippen molar-refractivity contribution in [3.05, 3.63) is 52.9 Å². The van der Waals surface area contributed by atoms with Crippen LogP contribution in [0.5, 0.6) is 5.75 Å². The summed E-state index contributed by atoms with van der Waals surface area (Å²) in [5, 5.41) is 0.389. The van der Waals surface area contributed by atoms with Crippen LogP contribution in [0, 0.1) is 0 Å². The number of likely N-dealkylation sites (N-methyl/N-ethyl adjacent to an activating group) is 1. The van der Waals surface area contributed by atoms with Gasteiger partial charge in [-0.05, 0) is 45.0 Å². The van der Waals surface area contributed by atoms with Crippen molar-refractivity contribution in [2.24, 2.45) is 0 Å². The Kier molecular flexibility index (Phi) is 5.11. The molecule has 1 atom stereocenters. The van der Waals surface area contributed by atoms with E-state index in [1.165, 1.54) is 6.26 Å². The summed E-state index contributed by atoms with van der Waals surface area (Å²) < 4.78 is 17.1. The van der Waals surface area contributed by atoms with Crippen LogP contribution < -0.4 is 10.2 Å². The van der Waals surface area contributed by atoms with Crippen molar-refractivity contribution < 1.29 is 18.4 Å². The average molecular weight is 355 g/mol. The van der Waals surface area contributed by atoms with Gasteiger partial charge in [-0.1, -0.05) is 12.1 Å². The second kappa shape index (κ2) is 7.47. The molecule has 0 radical (unpaired) electrons. The van der Waals surface area contributed by atoms with E-state index in [1.54, 1.807) is 48.2 Å². The first-order valence-electron chi connectivity index (χ1n) is 8.62. The Labute approximate surface area is 151 Å². The summed E-state index contributed by atoms with van der Waals surface area (Å²) in [6.45, 7) is 6.56. The third-order valence-electron chi connectivity index (χ3n) is 4.22. The molecule has 0 N–H and O–H groups in total. The second-order valence-electron chi connectivity index (χ2n) is 5.83. The number of nitrogens with zero attached hydrogens (tertiary/aromatic N) is 1. The lowest BCUT2D eigenvalue weighted by Crippen LogP contribution is -2.40. The first kappa shape index (κ1) is 17.8. The zero-order valence-corrected chi connectivity index (χ0v) is 15.0. The van der Waals surface area contributed by atoms with Gasteiger partial charge in [-0.25, -0.2) is 0 Å². The zero-order chi connectivity index (χ0) is 18.7. The highest BCUT2D eigenvalue weighted by molar-refractivity contribution is 5.83. The molecule has 0 aliphatic rings. The Morgan fingerprint density at radius 3 is 2.54 bits per heavy atom. The zero-order valence-electron chi connectivity index (χ0n) is 15.0. The molecule has 6 heteroatoms. The summed E-state index contributed by atoms with van der Waals surface area (Å²) in [5.41, 5.74) is 0.0939. The second-order valence-corrected chi connectivity index (χ2v) is 5.83. The molecule has 0 spiro atoms. The highest BCUT2D eigenvalue weighted by Gasteiger charge is 2.26. The van der Waals surface area contributed by atoms with Gasteiger partial charge in [0.05, 0.1) is 11.6 Å². The number of ether oxygens (including phenoxy) is 1. The van der Waals surface area contributed by atoms with Crippen LogP contribution in [0.1, 0.15) is 20.8 Å². The number of carbonyl (C=O) groups is 1. The van der Waals surface area contributed by atoms with Crippen molar-refractivity contribution in [2.75, 3.05) is 13.1 Å². The molecule has 0 saturated heterocycles. The highest BCUT2D eigenvalue weighted by Crippen LogP contribution is 2.31. The lowest BCUT2D eigenvalue weighted by Gasteiger charge is -2.23. The van der Waals surface area contributed by atoms with Crippen molar-refractivity contribution in [1.82, 2.24) is 4.90 Å². The van der Waals surface area contributed by atoms with E-state index in [0.29, 0.717) is 29.8 Å². The van der Waals surface area contributed by atoms with Crippen molar-refractivity contribution in [2.45, 2.75) is 26.9 Å². The van der Waals surface area contributed by atoms with Gasteiger partial charge >= 0.3 is 0 Å². The normalized spacial score (nSPS) is 12.1. The fraction of sp³-hybridized carbons (Fsp3) is 0.300. The van der Waals surface area contributed by atoms with E-state index >= 15 is 0 Å². The maximum absolute atomic E-state index is 13.0. The fourth-order valence-corrected chi connectivity index (χ4v) is 2.82. The first-order chi connectivity index (χ1) is 12.6. The number of benzene rings is 1. The maximum atomic E-state index is 13.0. The van der Waals surface area contributed by atoms with Crippen LogP contribution in [0.25, 0.3) is 22.5 Å². The molecule has 0 saturated carbocycles.